The molecule has 0 saturated heterocycles. The zero-order valence-electron chi connectivity index (χ0n) is 9.58. The summed E-state index contributed by atoms with van der Waals surface area (Å²) < 4.78 is 12.2. The van der Waals surface area contributed by atoms with Crippen LogP contribution in [0.4, 0.5) is 0 Å². The molecule has 0 saturated carbocycles. The van der Waals surface area contributed by atoms with Gasteiger partial charge in [-0.2, -0.15) is 9.61 Å². The zero-order valence-corrected chi connectivity index (χ0v) is 10.3. The first-order valence-corrected chi connectivity index (χ1v) is 5.97. The van der Waals surface area contributed by atoms with E-state index in [9.17, 15) is 0 Å². The van der Waals surface area contributed by atoms with Crippen molar-refractivity contribution in [2.75, 3.05) is 6.79 Å². The molecule has 1 aliphatic rings. The van der Waals surface area contributed by atoms with Crippen LogP contribution >= 0.6 is 11.6 Å². The van der Waals surface area contributed by atoms with E-state index in [0.717, 1.165) is 11.3 Å². The highest BCUT2D eigenvalue weighted by Gasteiger charge is 2.16. The molecule has 7 heteroatoms. The van der Waals surface area contributed by atoms with Crippen molar-refractivity contribution in [3.05, 3.63) is 35.5 Å². The molecule has 3 aromatic rings. The molecule has 0 radical (unpaired) electrons. The molecule has 0 atom stereocenters. The lowest BCUT2D eigenvalue weighted by molar-refractivity contribution is 0.174. The minimum Gasteiger partial charge on any atom is -0.454 e. The van der Waals surface area contributed by atoms with Crippen LogP contribution in [0.5, 0.6) is 11.5 Å². The molecular formula is C12H7ClN4O2. The van der Waals surface area contributed by atoms with Gasteiger partial charge in [0.1, 0.15) is 5.15 Å². The van der Waals surface area contributed by atoms with Gasteiger partial charge < -0.3 is 9.47 Å². The largest absolute Gasteiger partial charge is 0.454 e. The second-order valence-electron chi connectivity index (χ2n) is 4.02. The number of rotatable bonds is 1. The summed E-state index contributed by atoms with van der Waals surface area (Å²) in [7, 11) is 0. The molecule has 3 heterocycles. The van der Waals surface area contributed by atoms with E-state index in [0.29, 0.717) is 22.4 Å². The Morgan fingerprint density at radius 1 is 1.05 bits per heavy atom. The lowest BCUT2D eigenvalue weighted by Gasteiger charge is -2.01. The van der Waals surface area contributed by atoms with Gasteiger partial charge in [-0.25, -0.2) is 0 Å². The first kappa shape index (κ1) is 10.6. The molecule has 0 unspecified atom stereocenters. The van der Waals surface area contributed by atoms with Crippen LogP contribution in [0.2, 0.25) is 5.15 Å². The van der Waals surface area contributed by atoms with Gasteiger partial charge in [0, 0.05) is 5.56 Å². The van der Waals surface area contributed by atoms with E-state index >= 15 is 0 Å². The number of hydrogen-bond acceptors (Lipinski definition) is 5. The number of halogens is 1. The lowest BCUT2D eigenvalue weighted by Crippen LogP contribution is -1.95. The molecular weight excluding hydrogens is 268 g/mol. The van der Waals surface area contributed by atoms with Gasteiger partial charge in [0.2, 0.25) is 6.79 Å². The first-order valence-electron chi connectivity index (χ1n) is 5.59. The van der Waals surface area contributed by atoms with E-state index in [-0.39, 0.29) is 6.79 Å². The highest BCUT2D eigenvalue weighted by atomic mass is 35.5. The van der Waals surface area contributed by atoms with Gasteiger partial charge in [0.15, 0.2) is 23.0 Å². The van der Waals surface area contributed by atoms with E-state index in [1.54, 1.807) is 16.6 Å². The van der Waals surface area contributed by atoms with Crippen molar-refractivity contribution >= 4 is 17.2 Å². The van der Waals surface area contributed by atoms with Gasteiger partial charge in [-0.1, -0.05) is 11.6 Å². The Hall–Kier alpha value is -2.34. The fourth-order valence-corrected chi connectivity index (χ4v) is 2.12. The van der Waals surface area contributed by atoms with E-state index in [1.165, 1.54) is 0 Å². The molecule has 0 aliphatic carbocycles. The summed E-state index contributed by atoms with van der Waals surface area (Å²) in [6.45, 7) is 0.240. The summed E-state index contributed by atoms with van der Waals surface area (Å²) in [6.07, 6.45) is 0. The van der Waals surface area contributed by atoms with Crippen LogP contribution in [0.1, 0.15) is 0 Å². The van der Waals surface area contributed by atoms with Crippen molar-refractivity contribution in [3.63, 3.8) is 0 Å². The third-order valence-electron chi connectivity index (χ3n) is 2.86. The average Bonchev–Trinajstić information content (AvgIpc) is 3.03. The van der Waals surface area contributed by atoms with Crippen LogP contribution in [-0.4, -0.2) is 26.6 Å². The van der Waals surface area contributed by atoms with Gasteiger partial charge in [0.05, 0.1) is 0 Å². The lowest BCUT2D eigenvalue weighted by atomic mass is 10.2. The van der Waals surface area contributed by atoms with Gasteiger partial charge in [-0.15, -0.1) is 10.2 Å². The van der Waals surface area contributed by atoms with Crippen LogP contribution in [-0.2, 0) is 0 Å². The predicted octanol–water partition coefficient (Wildman–Crippen LogP) is 2.17. The number of aromatic nitrogens is 4. The van der Waals surface area contributed by atoms with Crippen LogP contribution in [0.15, 0.2) is 30.3 Å². The number of fused-ring (bicyclic) bond motifs is 2. The van der Waals surface area contributed by atoms with Gasteiger partial charge >= 0.3 is 0 Å². The number of nitrogens with zero attached hydrogens (tertiary/aromatic N) is 4. The summed E-state index contributed by atoms with van der Waals surface area (Å²) in [5.41, 5.74) is 1.48. The van der Waals surface area contributed by atoms with E-state index in [1.807, 2.05) is 18.2 Å². The molecule has 19 heavy (non-hydrogen) atoms. The Morgan fingerprint density at radius 2 is 1.95 bits per heavy atom. The fourth-order valence-electron chi connectivity index (χ4n) is 1.98. The van der Waals surface area contributed by atoms with E-state index < -0.39 is 0 Å². The second kappa shape index (κ2) is 3.83. The highest BCUT2D eigenvalue weighted by Crippen LogP contribution is 2.35. The normalized spacial score (nSPS) is 13.1. The van der Waals surface area contributed by atoms with Crippen molar-refractivity contribution < 1.29 is 9.47 Å². The quantitative estimate of drug-likeness (QED) is 0.680. The Labute approximate surface area is 112 Å². The van der Waals surface area contributed by atoms with Gasteiger partial charge in [0.25, 0.3) is 0 Å². The minimum atomic E-state index is 0.240. The summed E-state index contributed by atoms with van der Waals surface area (Å²) in [5.74, 6) is 2.02. The summed E-state index contributed by atoms with van der Waals surface area (Å²) in [4.78, 5) is 0. The summed E-state index contributed by atoms with van der Waals surface area (Å²) >= 11 is 5.90. The highest BCUT2D eigenvalue weighted by molar-refractivity contribution is 6.29. The van der Waals surface area contributed by atoms with Crippen LogP contribution in [0, 0.1) is 0 Å². The molecule has 0 bridgehead atoms. The van der Waals surface area contributed by atoms with Crippen LogP contribution in [0.3, 0.4) is 0 Å². The third-order valence-corrected chi connectivity index (χ3v) is 3.06. The number of hydrogen-bond donors (Lipinski definition) is 0. The smallest absolute Gasteiger partial charge is 0.231 e. The minimum absolute atomic E-state index is 0.240. The van der Waals surface area contributed by atoms with Crippen molar-refractivity contribution in [1.29, 1.82) is 0 Å². The number of benzene rings is 1. The van der Waals surface area contributed by atoms with E-state index in [4.69, 9.17) is 21.1 Å². The fraction of sp³-hybridized carbons (Fsp3) is 0.0833. The number of ether oxygens (including phenoxy) is 2. The Bertz CT molecular complexity index is 786. The maximum Gasteiger partial charge on any atom is 0.231 e. The maximum atomic E-state index is 5.90. The average molecular weight is 275 g/mol. The summed E-state index contributed by atoms with van der Waals surface area (Å²) in [5, 5.41) is 12.8. The Morgan fingerprint density at radius 3 is 2.89 bits per heavy atom. The molecule has 0 N–H and O–H groups in total. The molecule has 6 nitrogen and oxygen atoms in total. The molecule has 4 rings (SSSR count). The zero-order chi connectivity index (χ0) is 12.8. The van der Waals surface area contributed by atoms with Crippen molar-refractivity contribution in [2.24, 2.45) is 0 Å². The van der Waals surface area contributed by atoms with Crippen LogP contribution < -0.4 is 9.47 Å². The Balaban J connectivity index is 1.92. The molecule has 1 aromatic carbocycles. The standard InChI is InChI=1S/C12H7ClN4O2/c13-10-3-4-11-14-15-12(17(11)16-10)7-1-2-8-9(5-7)19-6-18-8/h1-5H,6H2. The first-order chi connectivity index (χ1) is 9.31. The van der Waals surface area contributed by atoms with Crippen molar-refractivity contribution in [2.45, 2.75) is 0 Å². The van der Waals surface area contributed by atoms with Crippen LogP contribution in [0.25, 0.3) is 17.0 Å². The van der Waals surface area contributed by atoms with Gasteiger partial charge in [-0.3, -0.25) is 0 Å². The van der Waals surface area contributed by atoms with Crippen molar-refractivity contribution in [1.82, 2.24) is 19.8 Å². The van der Waals surface area contributed by atoms with E-state index in [2.05, 4.69) is 15.3 Å². The maximum absolute atomic E-state index is 5.90. The van der Waals surface area contributed by atoms with Crippen molar-refractivity contribution in [3.8, 4) is 22.9 Å². The predicted molar refractivity (Wildman–Crippen MR) is 67.4 cm³/mol. The molecule has 0 spiro atoms. The molecule has 0 amide bonds. The third kappa shape index (κ3) is 1.61. The molecule has 94 valence electrons. The monoisotopic (exact) mass is 274 g/mol. The second-order valence-corrected chi connectivity index (χ2v) is 4.40. The molecule has 2 aromatic heterocycles. The topological polar surface area (TPSA) is 61.5 Å². The Kier molecular flexibility index (Phi) is 2.13. The molecule has 1 aliphatic heterocycles. The molecule has 0 fully saturated rings. The van der Waals surface area contributed by atoms with Gasteiger partial charge in [-0.05, 0) is 30.3 Å². The SMILES string of the molecule is Clc1ccc2nnc(-c3ccc4c(c3)OCO4)n2n1. The summed E-state index contributed by atoms with van der Waals surface area (Å²) in [6, 6.07) is 9.00.